The van der Waals surface area contributed by atoms with Crippen molar-refractivity contribution in [3.8, 4) is 28.5 Å². The first-order valence-corrected chi connectivity index (χ1v) is 8.47. The fourth-order valence-corrected chi connectivity index (χ4v) is 2.87. The summed E-state index contributed by atoms with van der Waals surface area (Å²) in [5.41, 5.74) is 5.15. The molecule has 26 heavy (non-hydrogen) atoms. The van der Waals surface area contributed by atoms with Gasteiger partial charge in [0.05, 0.1) is 12.7 Å². The van der Waals surface area contributed by atoms with Crippen LogP contribution in [0.1, 0.15) is 25.3 Å². The number of hydrogen-bond donors (Lipinski definition) is 0. The highest BCUT2D eigenvalue weighted by atomic mass is 16.5. The maximum Gasteiger partial charge on any atom is 0.316 e. The van der Waals surface area contributed by atoms with E-state index in [4.69, 9.17) is 4.74 Å². The van der Waals surface area contributed by atoms with Gasteiger partial charge in [0.2, 0.25) is 0 Å². The topological polar surface area (TPSA) is 65.2 Å². The number of ether oxygens (including phenoxy) is 1. The molecule has 0 N–H and O–H groups in total. The van der Waals surface area contributed by atoms with Crippen molar-refractivity contribution >= 4 is 5.65 Å². The summed E-state index contributed by atoms with van der Waals surface area (Å²) < 4.78 is 6.98. The van der Waals surface area contributed by atoms with E-state index in [1.165, 1.54) is 11.1 Å². The van der Waals surface area contributed by atoms with Gasteiger partial charge in [0.1, 0.15) is 0 Å². The monoisotopic (exact) mass is 345 g/mol. The fraction of sp³-hybridized carbons (Fsp3) is 0.200. The third kappa shape index (κ3) is 2.90. The highest BCUT2D eigenvalue weighted by Crippen LogP contribution is 2.26. The Balaban J connectivity index is 1.80. The van der Waals surface area contributed by atoms with Crippen LogP contribution in [0.3, 0.4) is 0 Å². The van der Waals surface area contributed by atoms with Crippen LogP contribution in [0, 0.1) is 0 Å². The van der Waals surface area contributed by atoms with Gasteiger partial charge < -0.3 is 4.74 Å². The summed E-state index contributed by atoms with van der Waals surface area (Å²) in [4.78, 5) is 8.31. The minimum Gasteiger partial charge on any atom is -0.467 e. The Labute approximate surface area is 151 Å². The molecular weight excluding hydrogens is 326 g/mol. The number of pyridine rings is 1. The average Bonchev–Trinajstić information content (AvgIpc) is 3.11. The second-order valence-electron chi connectivity index (χ2n) is 6.41. The summed E-state index contributed by atoms with van der Waals surface area (Å²) in [5, 5.41) is 8.54. The Kier molecular flexibility index (Phi) is 4.08. The summed E-state index contributed by atoms with van der Waals surface area (Å²) in [6.07, 6.45) is 5.43. The van der Waals surface area contributed by atoms with E-state index in [9.17, 15) is 0 Å². The van der Waals surface area contributed by atoms with Crippen LogP contribution in [0.2, 0.25) is 0 Å². The number of aromatic nitrogens is 5. The number of rotatable bonds is 4. The fourth-order valence-electron chi connectivity index (χ4n) is 2.87. The Hall–Kier alpha value is -3.28. The molecule has 0 aliphatic rings. The van der Waals surface area contributed by atoms with Crippen LogP contribution >= 0.6 is 0 Å². The second kappa shape index (κ2) is 6.55. The molecule has 0 aliphatic carbocycles. The molecule has 3 aromatic heterocycles. The van der Waals surface area contributed by atoms with Crippen molar-refractivity contribution in [2.45, 2.75) is 19.8 Å². The number of hydrogen-bond acceptors (Lipinski definition) is 5. The lowest BCUT2D eigenvalue weighted by Gasteiger charge is -2.09. The Morgan fingerprint density at radius 2 is 1.73 bits per heavy atom. The van der Waals surface area contributed by atoms with E-state index >= 15 is 0 Å². The Morgan fingerprint density at radius 1 is 0.923 bits per heavy atom. The molecule has 0 amide bonds. The van der Waals surface area contributed by atoms with Crippen LogP contribution in [-0.4, -0.2) is 31.7 Å². The minimum atomic E-state index is 0.328. The molecule has 4 aromatic rings. The summed E-state index contributed by atoms with van der Waals surface area (Å²) in [7, 11) is 1.54. The second-order valence-corrected chi connectivity index (χ2v) is 6.41. The van der Waals surface area contributed by atoms with E-state index in [0.29, 0.717) is 17.8 Å². The molecule has 0 aliphatic heterocycles. The summed E-state index contributed by atoms with van der Waals surface area (Å²) >= 11 is 0. The van der Waals surface area contributed by atoms with Crippen LogP contribution in [0.15, 0.2) is 55.0 Å². The number of fused-ring (bicyclic) bond motifs is 1. The smallest absolute Gasteiger partial charge is 0.316 e. The minimum absolute atomic E-state index is 0.328. The summed E-state index contributed by atoms with van der Waals surface area (Å²) in [6.45, 7) is 4.40. The van der Waals surface area contributed by atoms with Gasteiger partial charge in [-0.2, -0.15) is 0 Å². The lowest BCUT2D eigenvalue weighted by molar-refractivity contribution is 0.380. The van der Waals surface area contributed by atoms with Crippen LogP contribution in [-0.2, 0) is 0 Å². The molecule has 0 unspecified atom stereocenters. The standard InChI is InChI=1S/C20H19N5O/c1-13(2)14-5-4-6-15(9-14)16-7-8-18-23-24-19(25(18)12-16)17-10-21-20(26-3)22-11-17/h4-13H,1-3H3. The van der Waals surface area contributed by atoms with Gasteiger partial charge >= 0.3 is 6.01 Å². The molecule has 3 heterocycles. The molecule has 4 rings (SSSR count). The molecule has 0 fully saturated rings. The van der Waals surface area contributed by atoms with Gasteiger partial charge in [0, 0.05) is 18.6 Å². The van der Waals surface area contributed by atoms with Crippen molar-refractivity contribution in [1.29, 1.82) is 0 Å². The first kappa shape index (κ1) is 16.2. The maximum atomic E-state index is 5.02. The zero-order valence-corrected chi connectivity index (χ0v) is 14.9. The lowest BCUT2D eigenvalue weighted by atomic mass is 9.98. The van der Waals surface area contributed by atoms with E-state index in [1.54, 1.807) is 19.5 Å². The molecule has 6 nitrogen and oxygen atoms in total. The van der Waals surface area contributed by atoms with Gasteiger partial charge in [-0.3, -0.25) is 4.40 Å². The van der Waals surface area contributed by atoms with E-state index < -0.39 is 0 Å². The van der Waals surface area contributed by atoms with Crippen molar-refractivity contribution in [1.82, 2.24) is 24.6 Å². The molecular formula is C20H19N5O. The lowest BCUT2D eigenvalue weighted by Crippen LogP contribution is -1.95. The predicted molar refractivity (Wildman–Crippen MR) is 100 cm³/mol. The van der Waals surface area contributed by atoms with Gasteiger partial charge in [-0.15, -0.1) is 10.2 Å². The summed E-state index contributed by atoms with van der Waals surface area (Å²) in [6, 6.07) is 13.0. The van der Waals surface area contributed by atoms with Crippen molar-refractivity contribution in [2.24, 2.45) is 0 Å². The van der Waals surface area contributed by atoms with Gasteiger partial charge in [-0.25, -0.2) is 9.97 Å². The Morgan fingerprint density at radius 3 is 2.46 bits per heavy atom. The number of nitrogens with zero attached hydrogens (tertiary/aromatic N) is 5. The average molecular weight is 345 g/mol. The SMILES string of the molecule is COc1ncc(-c2nnc3ccc(-c4cccc(C(C)C)c4)cn23)cn1. The highest BCUT2D eigenvalue weighted by Gasteiger charge is 2.11. The van der Waals surface area contributed by atoms with Crippen LogP contribution in [0.5, 0.6) is 6.01 Å². The molecule has 1 aromatic carbocycles. The normalized spacial score (nSPS) is 11.2. The van der Waals surface area contributed by atoms with Crippen molar-refractivity contribution in [2.75, 3.05) is 7.11 Å². The van der Waals surface area contributed by atoms with E-state index in [1.807, 2.05) is 16.7 Å². The Bertz CT molecular complexity index is 1050. The molecule has 0 radical (unpaired) electrons. The highest BCUT2D eigenvalue weighted by molar-refractivity contribution is 5.67. The summed E-state index contributed by atoms with van der Waals surface area (Å²) in [5.74, 6) is 1.19. The first-order chi connectivity index (χ1) is 12.7. The predicted octanol–water partition coefficient (Wildman–Crippen LogP) is 3.99. The van der Waals surface area contributed by atoms with Crippen LogP contribution in [0.4, 0.5) is 0 Å². The van der Waals surface area contributed by atoms with Crippen LogP contribution in [0.25, 0.3) is 28.2 Å². The van der Waals surface area contributed by atoms with Crippen LogP contribution < -0.4 is 4.74 Å². The maximum absolute atomic E-state index is 5.02. The van der Waals surface area contributed by atoms with Crippen molar-refractivity contribution < 1.29 is 4.74 Å². The molecule has 0 spiro atoms. The molecule has 0 atom stereocenters. The van der Waals surface area contributed by atoms with Gasteiger partial charge in [0.25, 0.3) is 0 Å². The van der Waals surface area contributed by atoms with Crippen molar-refractivity contribution in [3.63, 3.8) is 0 Å². The molecule has 0 saturated carbocycles. The molecule has 0 bridgehead atoms. The van der Waals surface area contributed by atoms with E-state index in [2.05, 4.69) is 64.3 Å². The van der Waals surface area contributed by atoms with Crippen molar-refractivity contribution in [3.05, 3.63) is 60.6 Å². The largest absolute Gasteiger partial charge is 0.467 e. The third-order valence-corrected chi connectivity index (χ3v) is 4.36. The van der Waals surface area contributed by atoms with E-state index in [-0.39, 0.29) is 0 Å². The number of benzene rings is 1. The zero-order chi connectivity index (χ0) is 18.1. The molecule has 6 heteroatoms. The van der Waals surface area contributed by atoms with Gasteiger partial charge in [-0.05, 0) is 34.7 Å². The molecule has 0 saturated heterocycles. The quantitative estimate of drug-likeness (QED) is 0.560. The van der Waals surface area contributed by atoms with Gasteiger partial charge in [-0.1, -0.05) is 38.1 Å². The zero-order valence-electron chi connectivity index (χ0n) is 14.9. The first-order valence-electron chi connectivity index (χ1n) is 8.47. The van der Waals surface area contributed by atoms with E-state index in [0.717, 1.165) is 16.8 Å². The molecule has 130 valence electrons. The number of methoxy groups -OCH3 is 1. The third-order valence-electron chi connectivity index (χ3n) is 4.36. The van der Waals surface area contributed by atoms with Gasteiger partial charge in [0.15, 0.2) is 11.5 Å².